The Bertz CT molecular complexity index is 1040. The van der Waals surface area contributed by atoms with Gasteiger partial charge in [0.2, 0.25) is 5.29 Å². The van der Waals surface area contributed by atoms with Gasteiger partial charge in [-0.05, 0) is 59.1 Å². The molecule has 0 N–H and O–H groups in total. The van der Waals surface area contributed by atoms with Crippen LogP contribution in [-0.2, 0) is 0 Å². The molecule has 0 bridgehead atoms. The highest BCUT2D eigenvalue weighted by Gasteiger charge is 2.31. The fourth-order valence-corrected chi connectivity index (χ4v) is 4.07. The number of nitrogens with zero attached hydrogens (tertiary/aromatic N) is 3. The Morgan fingerprint density at radius 1 is 0.897 bits per heavy atom. The van der Waals surface area contributed by atoms with E-state index < -0.39 is 0 Å². The van der Waals surface area contributed by atoms with E-state index >= 15 is 0 Å². The predicted molar refractivity (Wildman–Crippen MR) is 124 cm³/mol. The molecule has 7 heteroatoms. The zero-order valence-corrected chi connectivity index (χ0v) is 18.3. The number of rotatable bonds is 4. The molecular formula is C22H16Cl3N3S. The maximum atomic E-state index is 6.50. The Morgan fingerprint density at radius 3 is 2.17 bits per heavy atom. The van der Waals surface area contributed by atoms with Gasteiger partial charge in [0.25, 0.3) is 0 Å². The number of halogens is 3. The first kappa shape index (κ1) is 20.3. The molecule has 0 saturated carbocycles. The molecule has 29 heavy (non-hydrogen) atoms. The molecule has 4 rings (SSSR count). The van der Waals surface area contributed by atoms with Crippen molar-refractivity contribution >= 4 is 57.8 Å². The Labute approximate surface area is 189 Å². The first-order chi connectivity index (χ1) is 14.1. The SMILES string of the molecule is Cl/C(=N\Sc1ccc(Cl)cc1)N1CC(c2ccccc2)C(c2ccc(Cl)cc2)=N1. The van der Waals surface area contributed by atoms with Gasteiger partial charge in [-0.3, -0.25) is 0 Å². The number of amidine groups is 1. The molecule has 0 aromatic heterocycles. The summed E-state index contributed by atoms with van der Waals surface area (Å²) in [7, 11) is 0. The molecule has 1 unspecified atom stereocenters. The van der Waals surface area contributed by atoms with Crippen LogP contribution in [0.25, 0.3) is 0 Å². The van der Waals surface area contributed by atoms with E-state index in [0.717, 1.165) is 16.2 Å². The monoisotopic (exact) mass is 459 g/mol. The molecule has 1 heterocycles. The lowest BCUT2D eigenvalue weighted by Gasteiger charge is -2.15. The van der Waals surface area contributed by atoms with E-state index in [4.69, 9.17) is 39.9 Å². The van der Waals surface area contributed by atoms with Crippen molar-refractivity contribution in [2.75, 3.05) is 6.54 Å². The van der Waals surface area contributed by atoms with Gasteiger partial charge in [-0.25, -0.2) is 5.01 Å². The van der Waals surface area contributed by atoms with Crippen molar-refractivity contribution in [1.29, 1.82) is 0 Å². The van der Waals surface area contributed by atoms with Gasteiger partial charge in [-0.2, -0.15) is 9.50 Å². The molecule has 3 nitrogen and oxygen atoms in total. The van der Waals surface area contributed by atoms with Gasteiger partial charge in [-0.15, -0.1) is 0 Å². The lowest BCUT2D eigenvalue weighted by Crippen LogP contribution is -2.21. The van der Waals surface area contributed by atoms with Crippen molar-refractivity contribution in [3.63, 3.8) is 0 Å². The molecule has 3 aromatic rings. The summed E-state index contributed by atoms with van der Waals surface area (Å²) in [4.78, 5) is 0.952. The lowest BCUT2D eigenvalue weighted by atomic mass is 9.91. The molecule has 1 atom stereocenters. The zero-order valence-electron chi connectivity index (χ0n) is 15.2. The highest BCUT2D eigenvalue weighted by atomic mass is 35.5. The summed E-state index contributed by atoms with van der Waals surface area (Å²) in [5, 5.41) is 8.23. The first-order valence-corrected chi connectivity index (χ1v) is 10.8. The third-order valence-electron chi connectivity index (χ3n) is 4.51. The Kier molecular flexibility index (Phi) is 6.46. The minimum atomic E-state index is 0.0851. The van der Waals surface area contributed by atoms with Gasteiger partial charge < -0.3 is 0 Å². The summed E-state index contributed by atoms with van der Waals surface area (Å²) < 4.78 is 4.43. The second-order valence-electron chi connectivity index (χ2n) is 6.44. The summed E-state index contributed by atoms with van der Waals surface area (Å²) in [6.07, 6.45) is 0. The minimum absolute atomic E-state index is 0.0851. The van der Waals surface area contributed by atoms with Gasteiger partial charge in [0.05, 0.1) is 12.3 Å². The van der Waals surface area contributed by atoms with Crippen LogP contribution in [0.2, 0.25) is 10.0 Å². The second kappa shape index (κ2) is 9.23. The van der Waals surface area contributed by atoms with Crippen LogP contribution in [0, 0.1) is 0 Å². The molecule has 0 spiro atoms. The van der Waals surface area contributed by atoms with E-state index in [0.29, 0.717) is 21.9 Å². The maximum Gasteiger partial charge on any atom is 0.226 e. The van der Waals surface area contributed by atoms with Crippen molar-refractivity contribution in [3.8, 4) is 0 Å². The normalized spacial score (nSPS) is 16.8. The quantitative estimate of drug-likeness (QED) is 0.180. The molecule has 0 amide bonds. The van der Waals surface area contributed by atoms with Crippen LogP contribution >= 0.6 is 46.8 Å². The summed E-state index contributed by atoms with van der Waals surface area (Å²) in [6.45, 7) is 0.617. The van der Waals surface area contributed by atoms with Gasteiger partial charge in [0.15, 0.2) is 0 Å². The highest BCUT2D eigenvalue weighted by molar-refractivity contribution is 7.98. The number of hydrazone groups is 1. The first-order valence-electron chi connectivity index (χ1n) is 8.93. The Morgan fingerprint density at radius 2 is 1.52 bits per heavy atom. The maximum absolute atomic E-state index is 6.50. The van der Waals surface area contributed by atoms with Crippen LogP contribution in [-0.4, -0.2) is 22.6 Å². The molecule has 0 saturated heterocycles. The average Bonchev–Trinajstić information content (AvgIpc) is 3.20. The standard InChI is InChI=1S/C22H16Cl3N3S/c23-17-8-6-16(7-9-17)21-20(15-4-2-1-3-5-15)14-28(26-21)22(25)27-29-19-12-10-18(24)11-13-19/h1-13,20H,14H2/b27-22+. The van der Waals surface area contributed by atoms with Gasteiger partial charge in [0.1, 0.15) is 0 Å². The number of hydrogen-bond acceptors (Lipinski definition) is 3. The number of benzene rings is 3. The second-order valence-corrected chi connectivity index (χ2v) is 8.49. The predicted octanol–water partition coefficient (Wildman–Crippen LogP) is 7.10. The van der Waals surface area contributed by atoms with Gasteiger partial charge in [0, 0.05) is 32.8 Å². The smallest absolute Gasteiger partial charge is 0.226 e. The summed E-state index contributed by atoms with van der Waals surface area (Å²) in [6, 6.07) is 25.4. The van der Waals surface area contributed by atoms with E-state index in [1.165, 1.54) is 17.5 Å². The van der Waals surface area contributed by atoms with E-state index in [1.54, 1.807) is 5.01 Å². The summed E-state index contributed by atoms with van der Waals surface area (Å²) >= 11 is 19.8. The van der Waals surface area contributed by atoms with E-state index in [-0.39, 0.29) is 5.92 Å². The minimum Gasteiger partial charge on any atom is -0.236 e. The third kappa shape index (κ3) is 4.96. The van der Waals surface area contributed by atoms with Crippen molar-refractivity contribution < 1.29 is 0 Å². The third-order valence-corrected chi connectivity index (χ3v) is 6.14. The molecule has 0 radical (unpaired) electrons. The van der Waals surface area contributed by atoms with Gasteiger partial charge in [-0.1, -0.05) is 65.7 Å². The fourth-order valence-electron chi connectivity index (χ4n) is 3.08. The Hall–Kier alpha value is -1.98. The zero-order chi connectivity index (χ0) is 20.2. The average molecular weight is 461 g/mol. The van der Waals surface area contributed by atoms with Crippen molar-refractivity contribution in [2.45, 2.75) is 10.8 Å². The van der Waals surface area contributed by atoms with Crippen LogP contribution in [0.15, 0.2) is 93.3 Å². The van der Waals surface area contributed by atoms with Crippen LogP contribution in [0.4, 0.5) is 0 Å². The lowest BCUT2D eigenvalue weighted by molar-refractivity contribution is 0.484. The van der Waals surface area contributed by atoms with Crippen LogP contribution in [0.3, 0.4) is 0 Å². The topological polar surface area (TPSA) is 28.0 Å². The number of hydrogen-bond donors (Lipinski definition) is 0. The molecule has 1 aliphatic rings. The van der Waals surface area contributed by atoms with Gasteiger partial charge >= 0.3 is 0 Å². The van der Waals surface area contributed by atoms with Crippen molar-refractivity contribution in [1.82, 2.24) is 5.01 Å². The molecular weight excluding hydrogens is 445 g/mol. The van der Waals surface area contributed by atoms with E-state index in [9.17, 15) is 0 Å². The van der Waals surface area contributed by atoms with Crippen molar-refractivity contribution in [2.24, 2.45) is 9.50 Å². The molecule has 0 aliphatic carbocycles. The van der Waals surface area contributed by atoms with Crippen molar-refractivity contribution in [3.05, 3.63) is 100 Å². The Balaban J connectivity index is 1.61. The highest BCUT2D eigenvalue weighted by Crippen LogP contribution is 2.31. The molecule has 3 aromatic carbocycles. The molecule has 1 aliphatic heterocycles. The largest absolute Gasteiger partial charge is 0.236 e. The van der Waals surface area contributed by atoms with E-state index in [2.05, 4.69) is 16.5 Å². The van der Waals surface area contributed by atoms with E-state index in [1.807, 2.05) is 66.7 Å². The summed E-state index contributed by atoms with van der Waals surface area (Å²) in [5.74, 6) is 0.0851. The van der Waals surface area contributed by atoms with Crippen LogP contribution in [0.5, 0.6) is 0 Å². The molecule has 146 valence electrons. The van der Waals surface area contributed by atoms with Crippen LogP contribution in [0.1, 0.15) is 17.0 Å². The van der Waals surface area contributed by atoms with Crippen LogP contribution < -0.4 is 0 Å². The molecule has 0 fully saturated rings. The fraction of sp³-hybridized carbons (Fsp3) is 0.0909. The summed E-state index contributed by atoms with van der Waals surface area (Å²) in [5.41, 5.74) is 3.14.